The molecular formula is C21H12Cl3N5O2. The predicted molar refractivity (Wildman–Crippen MR) is 120 cm³/mol. The van der Waals surface area contributed by atoms with Crippen LogP contribution in [0.4, 0.5) is 11.4 Å². The fourth-order valence-corrected chi connectivity index (χ4v) is 3.47. The number of amides is 1. The van der Waals surface area contributed by atoms with Crippen molar-refractivity contribution in [3.05, 3.63) is 81.1 Å². The Kier molecular flexibility index (Phi) is 5.96. The number of aromatic nitrogens is 3. The summed E-state index contributed by atoms with van der Waals surface area (Å²) in [7, 11) is 0. The molecule has 0 fully saturated rings. The van der Waals surface area contributed by atoms with Gasteiger partial charge in [-0.25, -0.2) is 9.53 Å². The third-order valence-electron chi connectivity index (χ3n) is 4.24. The van der Waals surface area contributed by atoms with Crippen molar-refractivity contribution in [2.24, 2.45) is 0 Å². The molecule has 0 aliphatic heterocycles. The van der Waals surface area contributed by atoms with Crippen LogP contribution in [0.15, 0.2) is 54.6 Å². The minimum Gasteiger partial charge on any atom is -0.455 e. The number of anilines is 1. The minimum absolute atomic E-state index is 0.0954. The van der Waals surface area contributed by atoms with Crippen molar-refractivity contribution in [2.45, 2.75) is 6.54 Å². The van der Waals surface area contributed by atoms with Gasteiger partial charge in [0.25, 0.3) is 0 Å². The molecule has 0 atom stereocenters. The Morgan fingerprint density at radius 2 is 1.90 bits per heavy atom. The van der Waals surface area contributed by atoms with Gasteiger partial charge in [0.1, 0.15) is 12.3 Å². The third kappa shape index (κ3) is 4.57. The van der Waals surface area contributed by atoms with Gasteiger partial charge in [-0.2, -0.15) is 0 Å². The molecular weight excluding hydrogens is 461 g/mol. The molecule has 4 aromatic rings. The van der Waals surface area contributed by atoms with Crippen molar-refractivity contribution in [3.8, 4) is 11.5 Å². The molecule has 154 valence electrons. The molecule has 7 nitrogen and oxygen atoms in total. The van der Waals surface area contributed by atoms with E-state index in [1.807, 2.05) is 0 Å². The molecule has 1 N–H and O–H groups in total. The van der Waals surface area contributed by atoms with Crippen molar-refractivity contribution < 1.29 is 9.53 Å². The largest absolute Gasteiger partial charge is 0.455 e. The maximum Gasteiger partial charge on any atom is 0.246 e. The molecule has 3 aromatic carbocycles. The van der Waals surface area contributed by atoms with E-state index in [0.717, 1.165) is 0 Å². The molecule has 0 aliphatic rings. The van der Waals surface area contributed by atoms with Gasteiger partial charge in [0, 0.05) is 5.02 Å². The number of carbonyl (C=O) groups is 1. The van der Waals surface area contributed by atoms with Gasteiger partial charge in [0.05, 0.1) is 27.8 Å². The number of hydrogen-bond donors (Lipinski definition) is 1. The highest BCUT2D eigenvalue weighted by Gasteiger charge is 2.17. The van der Waals surface area contributed by atoms with Gasteiger partial charge < -0.3 is 10.1 Å². The zero-order valence-electron chi connectivity index (χ0n) is 15.6. The summed E-state index contributed by atoms with van der Waals surface area (Å²) in [6, 6.07) is 14.9. The van der Waals surface area contributed by atoms with Crippen LogP contribution in [-0.4, -0.2) is 20.9 Å². The molecule has 4 rings (SSSR count). The van der Waals surface area contributed by atoms with Crippen LogP contribution >= 0.6 is 34.8 Å². The van der Waals surface area contributed by atoms with E-state index in [9.17, 15) is 4.79 Å². The van der Waals surface area contributed by atoms with E-state index < -0.39 is 0 Å². The fourth-order valence-electron chi connectivity index (χ4n) is 2.88. The predicted octanol–water partition coefficient (Wildman–Crippen LogP) is 6.37. The van der Waals surface area contributed by atoms with Crippen molar-refractivity contribution >= 4 is 63.1 Å². The molecule has 10 heteroatoms. The first-order chi connectivity index (χ1) is 14.9. The molecule has 0 saturated heterocycles. The van der Waals surface area contributed by atoms with E-state index in [2.05, 4.69) is 20.5 Å². The Morgan fingerprint density at radius 3 is 2.68 bits per heavy atom. The lowest BCUT2D eigenvalue weighted by Crippen LogP contribution is -2.19. The number of benzene rings is 3. The number of carbonyl (C=O) groups excluding carboxylic acids is 1. The summed E-state index contributed by atoms with van der Waals surface area (Å²) in [5.74, 6) is 0.253. The average Bonchev–Trinajstić information content (AvgIpc) is 3.14. The third-order valence-corrected chi connectivity index (χ3v) is 5.08. The van der Waals surface area contributed by atoms with E-state index in [-0.39, 0.29) is 18.2 Å². The Hall–Kier alpha value is -3.31. The van der Waals surface area contributed by atoms with Crippen molar-refractivity contribution in [2.75, 3.05) is 5.32 Å². The van der Waals surface area contributed by atoms with Crippen LogP contribution in [-0.2, 0) is 11.3 Å². The number of hydrogen-bond acceptors (Lipinski definition) is 4. The first kappa shape index (κ1) is 20.9. The van der Waals surface area contributed by atoms with Gasteiger partial charge in [-0.15, -0.1) is 5.10 Å². The summed E-state index contributed by atoms with van der Waals surface area (Å²) in [5.41, 5.74) is 1.73. The quantitative estimate of drug-likeness (QED) is 0.342. The summed E-state index contributed by atoms with van der Waals surface area (Å²) in [6.45, 7) is 7.07. The Labute approximate surface area is 191 Å². The highest BCUT2D eigenvalue weighted by molar-refractivity contribution is 6.34. The second-order valence-corrected chi connectivity index (χ2v) is 7.63. The minimum atomic E-state index is -0.325. The van der Waals surface area contributed by atoms with Crippen LogP contribution in [0.25, 0.3) is 15.9 Å². The van der Waals surface area contributed by atoms with Crippen LogP contribution < -0.4 is 10.1 Å². The maximum absolute atomic E-state index is 12.5. The van der Waals surface area contributed by atoms with E-state index in [4.69, 9.17) is 46.1 Å². The molecule has 1 amide bonds. The van der Waals surface area contributed by atoms with Gasteiger partial charge in [-0.1, -0.05) is 52.1 Å². The summed E-state index contributed by atoms with van der Waals surface area (Å²) in [5, 5.41) is 12.0. The lowest BCUT2D eigenvalue weighted by atomic mass is 10.2. The molecule has 0 aliphatic carbocycles. The molecule has 31 heavy (non-hydrogen) atoms. The number of rotatable bonds is 5. The number of nitrogens with zero attached hydrogens (tertiary/aromatic N) is 4. The molecule has 0 bridgehead atoms. The second kappa shape index (κ2) is 8.82. The lowest BCUT2D eigenvalue weighted by molar-refractivity contribution is -0.116. The summed E-state index contributed by atoms with van der Waals surface area (Å²) in [4.78, 5) is 15.8. The van der Waals surface area contributed by atoms with Crippen LogP contribution in [0.3, 0.4) is 0 Å². The smallest absolute Gasteiger partial charge is 0.246 e. The molecule has 1 aromatic heterocycles. The summed E-state index contributed by atoms with van der Waals surface area (Å²) in [6.07, 6.45) is 0. The highest BCUT2D eigenvalue weighted by atomic mass is 35.5. The number of para-hydroxylation sites is 1. The monoisotopic (exact) mass is 471 g/mol. The van der Waals surface area contributed by atoms with E-state index in [1.54, 1.807) is 42.5 Å². The summed E-state index contributed by atoms with van der Waals surface area (Å²) >= 11 is 18.5. The van der Waals surface area contributed by atoms with Gasteiger partial charge in [-0.05, 0) is 42.5 Å². The van der Waals surface area contributed by atoms with E-state index in [0.29, 0.717) is 43.2 Å². The normalized spacial score (nSPS) is 10.6. The fraction of sp³-hybridized carbons (Fsp3) is 0.0476. The summed E-state index contributed by atoms with van der Waals surface area (Å²) < 4.78 is 7.31. The van der Waals surface area contributed by atoms with Crippen molar-refractivity contribution in [1.82, 2.24) is 15.0 Å². The van der Waals surface area contributed by atoms with Crippen LogP contribution in [0.2, 0.25) is 15.1 Å². The highest BCUT2D eigenvalue weighted by Crippen LogP contribution is 2.37. The zero-order chi connectivity index (χ0) is 22.0. The number of halogens is 3. The Balaban J connectivity index is 1.62. The second-order valence-electron chi connectivity index (χ2n) is 6.38. The molecule has 0 unspecified atom stereocenters. The molecule has 0 spiro atoms. The molecule has 0 radical (unpaired) electrons. The van der Waals surface area contributed by atoms with E-state index in [1.165, 1.54) is 16.8 Å². The topological polar surface area (TPSA) is 73.4 Å². The van der Waals surface area contributed by atoms with Gasteiger partial charge in [0.2, 0.25) is 5.91 Å². The van der Waals surface area contributed by atoms with Crippen LogP contribution in [0.5, 0.6) is 11.5 Å². The van der Waals surface area contributed by atoms with Crippen molar-refractivity contribution in [3.63, 3.8) is 0 Å². The molecule has 0 saturated carbocycles. The van der Waals surface area contributed by atoms with Crippen LogP contribution in [0, 0.1) is 6.57 Å². The number of fused-ring (bicyclic) bond motifs is 1. The first-order valence-corrected chi connectivity index (χ1v) is 10.00. The van der Waals surface area contributed by atoms with E-state index >= 15 is 0 Å². The zero-order valence-corrected chi connectivity index (χ0v) is 17.9. The van der Waals surface area contributed by atoms with Gasteiger partial charge in [-0.3, -0.25) is 4.79 Å². The van der Waals surface area contributed by atoms with Crippen molar-refractivity contribution in [1.29, 1.82) is 0 Å². The standard InChI is InChI=1S/C21H12Cl3N5O2/c1-25-13-8-12(22)9-14(10-13)31-21-16(24)6-7-18-20(21)27-28-29(18)11-19(30)26-17-5-3-2-4-15(17)23/h2-10H,11H2,(H,26,30). The maximum atomic E-state index is 12.5. The Morgan fingerprint density at radius 1 is 1.10 bits per heavy atom. The number of nitrogens with one attached hydrogen (secondary N) is 1. The van der Waals surface area contributed by atoms with Gasteiger partial charge in [0.15, 0.2) is 17.0 Å². The number of ether oxygens (including phenoxy) is 1. The van der Waals surface area contributed by atoms with Gasteiger partial charge >= 0.3 is 0 Å². The SMILES string of the molecule is [C-]#[N+]c1cc(Cl)cc(Oc2c(Cl)ccc3c2nnn3CC(=O)Nc2ccccc2Cl)c1. The molecule has 1 heterocycles. The first-order valence-electron chi connectivity index (χ1n) is 8.86. The lowest BCUT2D eigenvalue weighted by Gasteiger charge is -2.10. The average molecular weight is 473 g/mol. The van der Waals surface area contributed by atoms with Crippen LogP contribution in [0.1, 0.15) is 0 Å². The Bertz CT molecular complexity index is 1350.